The molecular formula is C18H18N2O2. The molecule has 0 bridgehead atoms. The van der Waals surface area contributed by atoms with Gasteiger partial charge in [0, 0.05) is 17.1 Å². The van der Waals surface area contributed by atoms with E-state index in [-0.39, 0.29) is 11.6 Å². The van der Waals surface area contributed by atoms with Gasteiger partial charge < -0.3 is 9.30 Å². The van der Waals surface area contributed by atoms with Gasteiger partial charge in [0.1, 0.15) is 0 Å². The molecule has 112 valence electrons. The van der Waals surface area contributed by atoms with Gasteiger partial charge in [0.15, 0.2) is 11.6 Å². The number of Topliss-reactive ketones (excluding diaryl/α,β-unsaturated/α-hetero) is 2. The van der Waals surface area contributed by atoms with Gasteiger partial charge in [-0.2, -0.15) is 0 Å². The number of fused-ring (bicyclic) bond motifs is 3. The molecule has 0 spiro atoms. The first kappa shape index (κ1) is 14.5. The smallest absolute Gasteiger partial charge is 0.179 e. The van der Waals surface area contributed by atoms with E-state index in [0.29, 0.717) is 12.1 Å². The van der Waals surface area contributed by atoms with E-state index >= 15 is 0 Å². The van der Waals surface area contributed by atoms with E-state index < -0.39 is 0 Å². The summed E-state index contributed by atoms with van der Waals surface area (Å²) in [5.74, 6) is 0.105. The van der Waals surface area contributed by atoms with Gasteiger partial charge in [0.25, 0.3) is 0 Å². The molecule has 0 aliphatic rings. The monoisotopic (exact) mass is 294 g/mol. The van der Waals surface area contributed by atoms with Gasteiger partial charge in [-0.1, -0.05) is 18.2 Å². The standard InChI is InChI=1S/C18H18N2O2/c1-12(21)13-7-8-14-16(10-13)20-9-5-4-6-15(20)18(14)17(22)11-19(2)3/h4-10H,11H2,1-3H3. The van der Waals surface area contributed by atoms with Crippen LogP contribution in [0, 0.1) is 0 Å². The van der Waals surface area contributed by atoms with Gasteiger partial charge in [0.05, 0.1) is 23.1 Å². The highest BCUT2D eigenvalue weighted by atomic mass is 16.1. The molecule has 0 saturated carbocycles. The van der Waals surface area contributed by atoms with Crippen LogP contribution in [0.25, 0.3) is 16.4 Å². The first-order valence-corrected chi connectivity index (χ1v) is 7.20. The van der Waals surface area contributed by atoms with Crippen molar-refractivity contribution in [2.75, 3.05) is 20.6 Å². The van der Waals surface area contributed by atoms with E-state index in [2.05, 4.69) is 0 Å². The topological polar surface area (TPSA) is 41.8 Å². The molecule has 0 unspecified atom stereocenters. The molecule has 4 nitrogen and oxygen atoms in total. The van der Waals surface area contributed by atoms with Crippen molar-refractivity contribution < 1.29 is 9.59 Å². The SMILES string of the molecule is CC(=O)c1ccc2c(C(=O)CN(C)C)c3ccccn3c2c1. The van der Waals surface area contributed by atoms with Crippen LogP contribution in [0.3, 0.4) is 0 Å². The van der Waals surface area contributed by atoms with E-state index in [1.807, 2.05) is 59.9 Å². The van der Waals surface area contributed by atoms with Crippen LogP contribution in [0.5, 0.6) is 0 Å². The summed E-state index contributed by atoms with van der Waals surface area (Å²) in [5.41, 5.74) is 3.15. The molecule has 0 saturated heterocycles. The third kappa shape index (κ3) is 2.31. The molecule has 22 heavy (non-hydrogen) atoms. The third-order valence-corrected chi connectivity index (χ3v) is 3.79. The van der Waals surface area contributed by atoms with Crippen molar-refractivity contribution in [3.63, 3.8) is 0 Å². The van der Waals surface area contributed by atoms with Crippen molar-refractivity contribution in [3.05, 3.63) is 53.7 Å². The lowest BCUT2D eigenvalue weighted by Gasteiger charge is -2.08. The van der Waals surface area contributed by atoms with Gasteiger partial charge in [-0.25, -0.2) is 0 Å². The van der Waals surface area contributed by atoms with Crippen LogP contribution in [0.15, 0.2) is 42.6 Å². The fraction of sp³-hybridized carbons (Fsp3) is 0.222. The number of nitrogens with zero attached hydrogens (tertiary/aromatic N) is 2. The molecule has 4 heteroatoms. The number of benzene rings is 1. The van der Waals surface area contributed by atoms with Crippen LogP contribution in [0.4, 0.5) is 0 Å². The minimum Gasteiger partial charge on any atom is -0.316 e. The van der Waals surface area contributed by atoms with Crippen LogP contribution < -0.4 is 0 Å². The molecular weight excluding hydrogens is 276 g/mol. The number of hydrogen-bond donors (Lipinski definition) is 0. The number of rotatable bonds is 4. The predicted molar refractivity (Wildman–Crippen MR) is 87.8 cm³/mol. The highest BCUT2D eigenvalue weighted by molar-refractivity contribution is 6.16. The largest absolute Gasteiger partial charge is 0.316 e. The number of pyridine rings is 1. The average Bonchev–Trinajstić information content (AvgIpc) is 2.80. The Bertz CT molecular complexity index is 891. The van der Waals surface area contributed by atoms with Crippen LogP contribution in [0.2, 0.25) is 0 Å². The lowest BCUT2D eigenvalue weighted by atomic mass is 10.0. The molecule has 0 atom stereocenters. The van der Waals surface area contributed by atoms with Gasteiger partial charge in [0.2, 0.25) is 0 Å². The molecule has 3 aromatic rings. The first-order chi connectivity index (χ1) is 10.5. The summed E-state index contributed by atoms with van der Waals surface area (Å²) in [6.45, 7) is 1.91. The summed E-state index contributed by atoms with van der Waals surface area (Å²) in [6.07, 6.45) is 1.92. The number of ketones is 2. The lowest BCUT2D eigenvalue weighted by Crippen LogP contribution is -2.21. The van der Waals surface area contributed by atoms with E-state index in [0.717, 1.165) is 22.0 Å². The Morgan fingerprint density at radius 2 is 1.86 bits per heavy atom. The summed E-state index contributed by atoms with van der Waals surface area (Å²) < 4.78 is 1.98. The molecule has 0 radical (unpaired) electrons. The maximum absolute atomic E-state index is 12.6. The Labute approximate surface area is 129 Å². The first-order valence-electron chi connectivity index (χ1n) is 7.20. The molecule has 0 aliphatic heterocycles. The van der Waals surface area contributed by atoms with Crippen LogP contribution in [-0.2, 0) is 0 Å². The third-order valence-electron chi connectivity index (χ3n) is 3.79. The van der Waals surface area contributed by atoms with Crippen molar-refractivity contribution in [1.82, 2.24) is 9.30 Å². The Morgan fingerprint density at radius 1 is 1.09 bits per heavy atom. The van der Waals surface area contributed by atoms with Crippen molar-refractivity contribution in [2.24, 2.45) is 0 Å². The Morgan fingerprint density at radius 3 is 2.55 bits per heavy atom. The number of carbonyl (C=O) groups excluding carboxylic acids is 2. The van der Waals surface area contributed by atoms with Crippen LogP contribution in [0.1, 0.15) is 27.6 Å². The Hall–Kier alpha value is -2.46. The Balaban J connectivity index is 2.34. The minimum atomic E-state index is 0.0222. The maximum Gasteiger partial charge on any atom is 0.179 e. The second-order valence-electron chi connectivity index (χ2n) is 5.78. The normalized spacial score (nSPS) is 11.5. The fourth-order valence-electron chi connectivity index (χ4n) is 2.82. The Kier molecular flexibility index (Phi) is 3.54. The summed E-state index contributed by atoms with van der Waals surface area (Å²) in [6, 6.07) is 11.3. The highest BCUT2D eigenvalue weighted by Gasteiger charge is 2.19. The molecule has 2 heterocycles. The summed E-state index contributed by atoms with van der Waals surface area (Å²) in [7, 11) is 3.76. The van der Waals surface area contributed by atoms with Crippen LogP contribution >= 0.6 is 0 Å². The molecule has 2 aromatic heterocycles. The summed E-state index contributed by atoms with van der Waals surface area (Å²) in [4.78, 5) is 26.1. The molecule has 1 aromatic carbocycles. The van der Waals surface area contributed by atoms with E-state index in [9.17, 15) is 9.59 Å². The zero-order chi connectivity index (χ0) is 15.9. The van der Waals surface area contributed by atoms with Crippen molar-refractivity contribution in [1.29, 1.82) is 0 Å². The number of aromatic nitrogens is 1. The summed E-state index contributed by atoms with van der Waals surface area (Å²) >= 11 is 0. The lowest BCUT2D eigenvalue weighted by molar-refractivity contribution is 0.0960. The minimum absolute atomic E-state index is 0.0222. The van der Waals surface area contributed by atoms with Crippen LogP contribution in [-0.4, -0.2) is 41.5 Å². The average molecular weight is 294 g/mol. The summed E-state index contributed by atoms with van der Waals surface area (Å²) in [5, 5.41) is 0.892. The molecule has 0 fully saturated rings. The molecule has 3 rings (SSSR count). The van der Waals surface area contributed by atoms with Crippen molar-refractivity contribution >= 4 is 28.0 Å². The van der Waals surface area contributed by atoms with Crippen molar-refractivity contribution in [2.45, 2.75) is 6.92 Å². The number of carbonyl (C=O) groups is 2. The predicted octanol–water partition coefficient (Wildman–Crippen LogP) is 3.04. The molecule has 0 amide bonds. The second kappa shape index (κ2) is 5.39. The van der Waals surface area contributed by atoms with Gasteiger partial charge >= 0.3 is 0 Å². The zero-order valence-electron chi connectivity index (χ0n) is 13.0. The second-order valence-corrected chi connectivity index (χ2v) is 5.78. The molecule has 0 N–H and O–H groups in total. The van der Waals surface area contributed by atoms with Gasteiger partial charge in [-0.05, 0) is 39.2 Å². The fourth-order valence-corrected chi connectivity index (χ4v) is 2.82. The van der Waals surface area contributed by atoms with E-state index in [1.165, 1.54) is 0 Å². The van der Waals surface area contributed by atoms with Gasteiger partial charge in [-0.3, -0.25) is 9.59 Å². The molecule has 0 aliphatic carbocycles. The maximum atomic E-state index is 12.6. The van der Waals surface area contributed by atoms with Crippen molar-refractivity contribution in [3.8, 4) is 0 Å². The zero-order valence-corrected chi connectivity index (χ0v) is 13.0. The number of likely N-dealkylation sites (N-methyl/N-ethyl adjacent to an activating group) is 1. The van der Waals surface area contributed by atoms with E-state index in [4.69, 9.17) is 0 Å². The quantitative estimate of drug-likeness (QED) is 0.695. The van der Waals surface area contributed by atoms with E-state index in [1.54, 1.807) is 13.0 Å². The number of hydrogen-bond acceptors (Lipinski definition) is 3. The van der Waals surface area contributed by atoms with Gasteiger partial charge in [-0.15, -0.1) is 0 Å². The highest BCUT2D eigenvalue weighted by Crippen LogP contribution is 2.28.